The van der Waals surface area contributed by atoms with Crippen LogP contribution in [0.25, 0.3) is 11.1 Å². The molecule has 11 heteroatoms. The second-order valence-corrected chi connectivity index (χ2v) is 11.9. The van der Waals surface area contributed by atoms with Crippen LogP contribution in [0.2, 0.25) is 0 Å². The molecule has 1 aliphatic heterocycles. The highest BCUT2D eigenvalue weighted by molar-refractivity contribution is 5.97. The largest absolute Gasteiger partial charge is 0.508 e. The third-order valence-corrected chi connectivity index (χ3v) is 8.55. The summed E-state index contributed by atoms with van der Waals surface area (Å²) < 4.78 is 25.9. The Morgan fingerprint density at radius 1 is 0.872 bits per heavy atom. The van der Waals surface area contributed by atoms with Gasteiger partial charge in [-0.1, -0.05) is 30.3 Å². The molecule has 1 saturated heterocycles. The maximum atomic E-state index is 14.3. The van der Waals surface area contributed by atoms with Crippen molar-refractivity contribution in [3.05, 3.63) is 102 Å². The zero-order chi connectivity index (χ0) is 32.8. The van der Waals surface area contributed by atoms with Gasteiger partial charge >= 0.3 is 0 Å². The minimum Gasteiger partial charge on any atom is -0.508 e. The molecule has 1 aliphatic carbocycles. The number of aromatic nitrogens is 1. The van der Waals surface area contributed by atoms with Crippen molar-refractivity contribution in [1.29, 1.82) is 0 Å². The van der Waals surface area contributed by atoms with Crippen LogP contribution in [-0.4, -0.2) is 70.3 Å². The summed E-state index contributed by atoms with van der Waals surface area (Å²) in [7, 11) is 0. The Morgan fingerprint density at radius 2 is 1.57 bits per heavy atom. The van der Waals surface area contributed by atoms with Crippen LogP contribution in [0.5, 0.6) is 23.1 Å². The molecular weight excluding hydrogens is 603 g/mol. The third kappa shape index (κ3) is 8.05. The van der Waals surface area contributed by atoms with E-state index in [1.165, 1.54) is 6.07 Å². The molecular formula is C36H37FN4O6. The van der Waals surface area contributed by atoms with Gasteiger partial charge in [-0.25, -0.2) is 9.37 Å². The maximum absolute atomic E-state index is 14.3. The Morgan fingerprint density at radius 3 is 2.30 bits per heavy atom. The van der Waals surface area contributed by atoms with E-state index in [1.807, 2.05) is 24.3 Å². The Balaban J connectivity index is 1.11. The Labute approximate surface area is 272 Å². The first-order chi connectivity index (χ1) is 22.8. The van der Waals surface area contributed by atoms with Crippen LogP contribution in [-0.2, 0) is 11.3 Å². The highest BCUT2D eigenvalue weighted by Crippen LogP contribution is 2.33. The number of hydrogen-bond donors (Lipinski definition) is 4. The fourth-order valence-corrected chi connectivity index (χ4v) is 6.08. The molecule has 2 amide bonds. The van der Waals surface area contributed by atoms with Gasteiger partial charge < -0.3 is 30.3 Å². The first-order valence-corrected chi connectivity index (χ1v) is 15.8. The van der Waals surface area contributed by atoms with Crippen LogP contribution < -0.4 is 15.4 Å². The van der Waals surface area contributed by atoms with Gasteiger partial charge in [-0.15, -0.1) is 0 Å². The van der Waals surface area contributed by atoms with Crippen molar-refractivity contribution in [2.75, 3.05) is 26.3 Å². The average Bonchev–Trinajstić information content (AvgIpc) is 3.07. The van der Waals surface area contributed by atoms with Crippen LogP contribution in [0.3, 0.4) is 0 Å². The van der Waals surface area contributed by atoms with Crippen LogP contribution in [0.4, 0.5) is 4.39 Å². The molecule has 2 heterocycles. The molecule has 4 aromatic rings. The van der Waals surface area contributed by atoms with Gasteiger partial charge in [0.15, 0.2) is 0 Å². The van der Waals surface area contributed by atoms with E-state index in [-0.39, 0.29) is 46.5 Å². The molecule has 47 heavy (non-hydrogen) atoms. The number of rotatable bonds is 9. The van der Waals surface area contributed by atoms with Crippen molar-refractivity contribution >= 4 is 11.8 Å². The number of nitrogens with zero attached hydrogens (tertiary/aromatic N) is 2. The number of morpholine rings is 1. The number of amides is 2. The van der Waals surface area contributed by atoms with Gasteiger partial charge in [-0.3, -0.25) is 14.5 Å². The molecule has 10 nitrogen and oxygen atoms in total. The first kappa shape index (κ1) is 32.0. The molecule has 0 bridgehead atoms. The fraction of sp³-hybridized carbons (Fsp3) is 0.306. The molecule has 244 valence electrons. The van der Waals surface area contributed by atoms with Gasteiger partial charge in [0.2, 0.25) is 5.88 Å². The lowest BCUT2D eigenvalue weighted by Crippen LogP contribution is -2.43. The summed E-state index contributed by atoms with van der Waals surface area (Å²) in [5.41, 5.74) is 2.93. The number of carbonyl (C=O) groups excluding carboxylic acids is 2. The average molecular weight is 641 g/mol. The molecule has 0 radical (unpaired) electrons. The molecule has 1 saturated carbocycles. The Hall–Kier alpha value is -5.00. The minimum atomic E-state index is -0.663. The second kappa shape index (κ2) is 14.6. The summed E-state index contributed by atoms with van der Waals surface area (Å²) in [4.78, 5) is 32.3. The predicted molar refractivity (Wildman–Crippen MR) is 173 cm³/mol. The number of halogens is 1. The number of benzene rings is 3. The van der Waals surface area contributed by atoms with Gasteiger partial charge in [0.1, 0.15) is 28.6 Å². The van der Waals surface area contributed by atoms with E-state index in [2.05, 4.69) is 20.5 Å². The van der Waals surface area contributed by atoms with Crippen LogP contribution in [0, 0.1) is 5.82 Å². The summed E-state index contributed by atoms with van der Waals surface area (Å²) >= 11 is 0. The van der Waals surface area contributed by atoms with E-state index in [0.29, 0.717) is 51.2 Å². The number of phenolic OH excluding ortho intramolecular Hbond substituents is 2. The Kier molecular flexibility index (Phi) is 9.94. The Bertz CT molecular complexity index is 1740. The van der Waals surface area contributed by atoms with Gasteiger partial charge in [0, 0.05) is 31.7 Å². The quantitative estimate of drug-likeness (QED) is 0.191. The van der Waals surface area contributed by atoms with E-state index in [1.54, 1.807) is 36.4 Å². The standard InChI is InChI=1S/C36H37FN4O6/c37-25-20-32(35(45)40-27-10-8-26(9-11-27)39-34(44)31-6-1-2-7-33(31)43)36(38-21-25)47-29-5-3-4-23(19-29)30-13-12-28(42)18-24(30)22-41-14-16-46-17-15-41/h1-7,12-13,18-21,26-27,42-43H,8-11,14-17,22H2,(H,39,44)(H,40,45). The number of ether oxygens (including phenoxy) is 2. The zero-order valence-corrected chi connectivity index (χ0v) is 25.8. The summed E-state index contributed by atoms with van der Waals surface area (Å²) in [6, 6.07) is 19.8. The van der Waals surface area contributed by atoms with Crippen LogP contribution >= 0.6 is 0 Å². The van der Waals surface area contributed by atoms with Crippen molar-refractivity contribution in [2.45, 2.75) is 44.3 Å². The van der Waals surface area contributed by atoms with E-state index < -0.39 is 11.7 Å². The highest BCUT2D eigenvalue weighted by Gasteiger charge is 2.26. The molecule has 6 rings (SSSR count). The normalized spacial score (nSPS) is 18.3. The summed E-state index contributed by atoms with van der Waals surface area (Å²) in [5, 5.41) is 26.1. The molecule has 0 spiro atoms. The second-order valence-electron chi connectivity index (χ2n) is 11.9. The van der Waals surface area contributed by atoms with Gasteiger partial charge in [-0.05, 0) is 84.8 Å². The number of phenols is 2. The van der Waals surface area contributed by atoms with Gasteiger partial charge in [0.25, 0.3) is 11.8 Å². The minimum absolute atomic E-state index is 0.0242. The highest BCUT2D eigenvalue weighted by atomic mass is 19.1. The summed E-state index contributed by atoms with van der Waals surface area (Å²) in [5.74, 6) is -1.01. The number of nitrogens with one attached hydrogen (secondary N) is 2. The van der Waals surface area contributed by atoms with E-state index >= 15 is 0 Å². The topological polar surface area (TPSA) is 133 Å². The lowest BCUT2D eigenvalue weighted by Gasteiger charge is -2.29. The van der Waals surface area contributed by atoms with E-state index in [0.717, 1.165) is 42.0 Å². The summed E-state index contributed by atoms with van der Waals surface area (Å²) in [6.45, 7) is 3.58. The smallest absolute Gasteiger partial charge is 0.257 e. The van der Waals surface area contributed by atoms with Gasteiger partial charge in [0.05, 0.1) is 25.0 Å². The number of hydrogen-bond acceptors (Lipinski definition) is 8. The van der Waals surface area contributed by atoms with Crippen molar-refractivity contribution in [2.24, 2.45) is 0 Å². The van der Waals surface area contributed by atoms with Crippen LogP contribution in [0.1, 0.15) is 52.0 Å². The molecule has 1 aromatic heterocycles. The molecule has 2 aliphatic rings. The predicted octanol–water partition coefficient (Wildman–Crippen LogP) is 5.39. The van der Waals surface area contributed by atoms with Gasteiger partial charge in [-0.2, -0.15) is 0 Å². The van der Waals surface area contributed by atoms with Crippen molar-refractivity contribution < 1.29 is 33.7 Å². The lowest BCUT2D eigenvalue weighted by atomic mass is 9.90. The number of pyridine rings is 1. The van der Waals surface area contributed by atoms with Crippen molar-refractivity contribution in [3.8, 4) is 34.3 Å². The molecule has 2 fully saturated rings. The monoisotopic (exact) mass is 640 g/mol. The van der Waals surface area contributed by atoms with Crippen LogP contribution in [0.15, 0.2) is 79.0 Å². The number of para-hydroxylation sites is 1. The van der Waals surface area contributed by atoms with Crippen molar-refractivity contribution in [3.63, 3.8) is 0 Å². The molecule has 0 unspecified atom stereocenters. The molecule has 0 atom stereocenters. The van der Waals surface area contributed by atoms with E-state index in [9.17, 15) is 24.2 Å². The number of carbonyl (C=O) groups is 2. The SMILES string of the molecule is O=C(NC1CCC(NC(=O)c2cc(F)cnc2Oc2cccc(-c3ccc(O)cc3CN3CCOCC3)c2)CC1)c1ccccc1O. The van der Waals surface area contributed by atoms with E-state index in [4.69, 9.17) is 9.47 Å². The molecule has 3 aromatic carbocycles. The first-order valence-electron chi connectivity index (χ1n) is 15.8. The van der Waals surface area contributed by atoms with Crippen molar-refractivity contribution in [1.82, 2.24) is 20.5 Å². The third-order valence-electron chi connectivity index (χ3n) is 8.55. The number of aromatic hydroxyl groups is 2. The summed E-state index contributed by atoms with van der Waals surface area (Å²) in [6.07, 6.45) is 3.49. The molecule has 4 N–H and O–H groups in total. The lowest BCUT2D eigenvalue weighted by molar-refractivity contribution is 0.0342. The maximum Gasteiger partial charge on any atom is 0.257 e. The zero-order valence-electron chi connectivity index (χ0n) is 25.8. The fourth-order valence-electron chi connectivity index (χ4n) is 6.08.